The van der Waals surface area contributed by atoms with E-state index in [1.807, 2.05) is 24.6 Å². The summed E-state index contributed by atoms with van der Waals surface area (Å²) in [5, 5.41) is 8.85. The average molecular weight is 237 g/mol. The molecule has 16 heavy (non-hydrogen) atoms. The molecule has 0 spiro atoms. The van der Waals surface area contributed by atoms with Crippen LogP contribution in [0, 0.1) is 12.7 Å². The molecule has 0 amide bonds. The number of nitrogens with zero attached hydrogens (tertiary/aromatic N) is 3. The van der Waals surface area contributed by atoms with E-state index in [2.05, 4.69) is 10.2 Å². The third-order valence-corrected chi connectivity index (χ3v) is 3.40. The van der Waals surface area contributed by atoms with Gasteiger partial charge in [-0.25, -0.2) is 4.39 Å². The molecule has 0 saturated heterocycles. The highest BCUT2D eigenvalue weighted by Gasteiger charge is 2.05. The molecule has 0 bridgehead atoms. The molecule has 1 aromatic carbocycles. The molecule has 0 radical (unpaired) electrons. The van der Waals surface area contributed by atoms with Gasteiger partial charge in [0.2, 0.25) is 0 Å². The second kappa shape index (κ2) is 4.65. The van der Waals surface area contributed by atoms with Gasteiger partial charge in [0.15, 0.2) is 5.16 Å². The summed E-state index contributed by atoms with van der Waals surface area (Å²) in [5.74, 6) is 1.37. The van der Waals surface area contributed by atoms with Crippen molar-refractivity contribution in [3.8, 4) is 0 Å². The minimum absolute atomic E-state index is 0.202. The van der Waals surface area contributed by atoms with Crippen molar-refractivity contribution in [3.63, 3.8) is 0 Å². The molecule has 1 heterocycles. The van der Waals surface area contributed by atoms with Gasteiger partial charge in [0.05, 0.1) is 0 Å². The molecule has 0 aliphatic heterocycles. The minimum atomic E-state index is -0.202. The zero-order valence-corrected chi connectivity index (χ0v) is 9.96. The molecule has 0 unspecified atom stereocenters. The molecule has 2 aromatic rings. The van der Waals surface area contributed by atoms with E-state index in [0.717, 1.165) is 16.5 Å². The van der Waals surface area contributed by atoms with Crippen molar-refractivity contribution in [2.45, 2.75) is 17.8 Å². The fourth-order valence-corrected chi connectivity index (χ4v) is 2.19. The maximum atomic E-state index is 12.9. The summed E-state index contributed by atoms with van der Waals surface area (Å²) in [6.07, 6.45) is 0. The molecule has 0 saturated carbocycles. The van der Waals surface area contributed by atoms with E-state index in [9.17, 15) is 4.39 Å². The molecular weight excluding hydrogens is 225 g/mol. The number of thioether (sulfide) groups is 1. The first-order valence-corrected chi connectivity index (χ1v) is 5.88. The SMILES string of the molecule is Cc1nnc(SCc2cccc(F)c2)n1C. The summed E-state index contributed by atoms with van der Waals surface area (Å²) in [6.45, 7) is 1.90. The van der Waals surface area contributed by atoms with Crippen molar-refractivity contribution in [3.05, 3.63) is 41.5 Å². The Labute approximate surface area is 97.7 Å². The Morgan fingerprint density at radius 1 is 1.38 bits per heavy atom. The van der Waals surface area contributed by atoms with Crippen LogP contribution in [-0.4, -0.2) is 14.8 Å². The normalized spacial score (nSPS) is 10.7. The quantitative estimate of drug-likeness (QED) is 0.769. The Hall–Kier alpha value is -1.36. The number of rotatable bonds is 3. The Bertz CT molecular complexity index is 496. The van der Waals surface area contributed by atoms with Crippen molar-refractivity contribution in [2.24, 2.45) is 7.05 Å². The third kappa shape index (κ3) is 2.41. The van der Waals surface area contributed by atoms with Crippen LogP contribution in [-0.2, 0) is 12.8 Å². The number of halogens is 1. The van der Waals surface area contributed by atoms with Crippen LogP contribution in [0.25, 0.3) is 0 Å². The second-order valence-corrected chi connectivity index (χ2v) is 4.45. The van der Waals surface area contributed by atoms with Crippen molar-refractivity contribution >= 4 is 11.8 Å². The summed E-state index contributed by atoms with van der Waals surface area (Å²) in [4.78, 5) is 0. The van der Waals surface area contributed by atoms with Gasteiger partial charge in [0, 0.05) is 12.8 Å². The molecule has 0 aliphatic carbocycles. The summed E-state index contributed by atoms with van der Waals surface area (Å²) in [6, 6.07) is 6.60. The predicted molar refractivity (Wildman–Crippen MR) is 61.7 cm³/mol. The Morgan fingerprint density at radius 3 is 2.81 bits per heavy atom. The van der Waals surface area contributed by atoms with Crippen LogP contribution >= 0.6 is 11.8 Å². The van der Waals surface area contributed by atoms with Gasteiger partial charge in [-0.1, -0.05) is 23.9 Å². The van der Waals surface area contributed by atoms with Crippen LogP contribution in [0.2, 0.25) is 0 Å². The number of hydrogen-bond donors (Lipinski definition) is 0. The molecule has 3 nitrogen and oxygen atoms in total. The highest BCUT2D eigenvalue weighted by Crippen LogP contribution is 2.20. The second-order valence-electron chi connectivity index (χ2n) is 3.51. The lowest BCUT2D eigenvalue weighted by molar-refractivity contribution is 0.626. The maximum Gasteiger partial charge on any atom is 0.191 e. The van der Waals surface area contributed by atoms with E-state index in [1.54, 1.807) is 17.8 Å². The third-order valence-electron chi connectivity index (χ3n) is 2.31. The number of hydrogen-bond acceptors (Lipinski definition) is 3. The van der Waals surface area contributed by atoms with E-state index >= 15 is 0 Å². The Morgan fingerprint density at radius 2 is 2.19 bits per heavy atom. The van der Waals surface area contributed by atoms with Crippen LogP contribution in [0.15, 0.2) is 29.4 Å². The van der Waals surface area contributed by atoms with Gasteiger partial charge in [-0.3, -0.25) is 0 Å². The lowest BCUT2D eigenvalue weighted by Gasteiger charge is -2.01. The standard InChI is InChI=1S/C11H12FN3S/c1-8-13-14-11(15(8)2)16-7-9-4-3-5-10(12)6-9/h3-6H,7H2,1-2H3. The zero-order chi connectivity index (χ0) is 11.5. The van der Waals surface area contributed by atoms with Gasteiger partial charge in [0.1, 0.15) is 11.6 Å². The molecule has 0 N–H and O–H groups in total. The molecule has 1 aromatic heterocycles. The van der Waals surface area contributed by atoms with Crippen molar-refractivity contribution in [2.75, 3.05) is 0 Å². The van der Waals surface area contributed by atoms with Crippen LogP contribution in [0.4, 0.5) is 4.39 Å². The van der Waals surface area contributed by atoms with Gasteiger partial charge in [-0.15, -0.1) is 10.2 Å². The summed E-state index contributed by atoms with van der Waals surface area (Å²) in [7, 11) is 1.92. The van der Waals surface area contributed by atoms with Gasteiger partial charge >= 0.3 is 0 Å². The van der Waals surface area contributed by atoms with E-state index in [4.69, 9.17) is 0 Å². The van der Waals surface area contributed by atoms with Crippen molar-refractivity contribution in [1.82, 2.24) is 14.8 Å². The van der Waals surface area contributed by atoms with Gasteiger partial charge in [-0.2, -0.15) is 0 Å². The van der Waals surface area contributed by atoms with Crippen molar-refractivity contribution < 1.29 is 4.39 Å². The van der Waals surface area contributed by atoms with Crippen LogP contribution in [0.5, 0.6) is 0 Å². The molecule has 0 atom stereocenters. The van der Waals surface area contributed by atoms with Crippen LogP contribution < -0.4 is 0 Å². The Balaban J connectivity index is 2.05. The predicted octanol–water partition coefficient (Wildman–Crippen LogP) is 2.55. The molecule has 2 rings (SSSR count). The van der Waals surface area contributed by atoms with E-state index < -0.39 is 0 Å². The highest BCUT2D eigenvalue weighted by molar-refractivity contribution is 7.98. The summed E-state index contributed by atoms with van der Waals surface area (Å²) in [5.41, 5.74) is 0.950. The molecule has 0 aliphatic rings. The number of aryl methyl sites for hydroxylation is 1. The first-order valence-electron chi connectivity index (χ1n) is 4.90. The molecular formula is C11H12FN3S. The minimum Gasteiger partial charge on any atom is -0.309 e. The van der Waals surface area contributed by atoms with Gasteiger partial charge < -0.3 is 4.57 Å². The van der Waals surface area contributed by atoms with E-state index in [0.29, 0.717) is 5.75 Å². The van der Waals surface area contributed by atoms with E-state index in [-0.39, 0.29) is 5.82 Å². The van der Waals surface area contributed by atoms with Gasteiger partial charge in [-0.05, 0) is 24.6 Å². The largest absolute Gasteiger partial charge is 0.309 e. The molecule has 5 heteroatoms. The molecule has 84 valence electrons. The first-order chi connectivity index (χ1) is 7.66. The van der Waals surface area contributed by atoms with Crippen LogP contribution in [0.1, 0.15) is 11.4 Å². The lowest BCUT2D eigenvalue weighted by atomic mass is 10.2. The Kier molecular flexibility index (Phi) is 3.24. The summed E-state index contributed by atoms with van der Waals surface area (Å²) < 4.78 is 14.9. The molecule has 0 fully saturated rings. The van der Waals surface area contributed by atoms with Crippen LogP contribution in [0.3, 0.4) is 0 Å². The van der Waals surface area contributed by atoms with Crippen molar-refractivity contribution in [1.29, 1.82) is 0 Å². The number of benzene rings is 1. The average Bonchev–Trinajstić information content (AvgIpc) is 2.57. The lowest BCUT2D eigenvalue weighted by Crippen LogP contribution is -1.93. The first kappa shape index (κ1) is 11.1. The summed E-state index contributed by atoms with van der Waals surface area (Å²) >= 11 is 1.55. The zero-order valence-electron chi connectivity index (χ0n) is 9.14. The fraction of sp³-hybridized carbons (Fsp3) is 0.273. The topological polar surface area (TPSA) is 30.7 Å². The van der Waals surface area contributed by atoms with Gasteiger partial charge in [0.25, 0.3) is 0 Å². The smallest absolute Gasteiger partial charge is 0.191 e. The van der Waals surface area contributed by atoms with E-state index in [1.165, 1.54) is 12.1 Å². The fourth-order valence-electron chi connectivity index (χ4n) is 1.29. The number of aromatic nitrogens is 3. The maximum absolute atomic E-state index is 12.9. The highest BCUT2D eigenvalue weighted by atomic mass is 32.2. The monoisotopic (exact) mass is 237 g/mol.